The summed E-state index contributed by atoms with van der Waals surface area (Å²) in [5.41, 5.74) is 2.56. The standard InChI is InChI=1S/C18H25N3O2/c1-13(22)19-10-14-5-4-8-21(12-14)18(23)17-9-15-6-2-3-7-16(15)11-20-17/h2-3,6-7,14,17,20H,4-5,8-12H2,1H3,(H,19,22)/t14-,17+/m1/s1. The van der Waals surface area contributed by atoms with Crippen molar-refractivity contribution in [1.82, 2.24) is 15.5 Å². The number of amides is 2. The van der Waals surface area contributed by atoms with Gasteiger partial charge in [0.1, 0.15) is 0 Å². The molecule has 0 aliphatic carbocycles. The Hall–Kier alpha value is -1.88. The van der Waals surface area contributed by atoms with Crippen LogP contribution in [0, 0.1) is 5.92 Å². The molecule has 1 aromatic carbocycles. The van der Waals surface area contributed by atoms with Crippen LogP contribution in [0.4, 0.5) is 0 Å². The van der Waals surface area contributed by atoms with Crippen LogP contribution in [-0.2, 0) is 22.6 Å². The number of hydrogen-bond acceptors (Lipinski definition) is 3. The first-order chi connectivity index (χ1) is 11.1. The molecule has 2 aliphatic heterocycles. The molecule has 5 nitrogen and oxygen atoms in total. The molecule has 1 aromatic rings. The van der Waals surface area contributed by atoms with Gasteiger partial charge in [-0.1, -0.05) is 24.3 Å². The first-order valence-electron chi connectivity index (χ1n) is 8.47. The van der Waals surface area contributed by atoms with E-state index in [0.717, 1.165) is 38.9 Å². The minimum absolute atomic E-state index is 0.000922. The summed E-state index contributed by atoms with van der Waals surface area (Å²) >= 11 is 0. The summed E-state index contributed by atoms with van der Waals surface area (Å²) < 4.78 is 0. The molecule has 0 radical (unpaired) electrons. The van der Waals surface area contributed by atoms with Gasteiger partial charge in [-0.2, -0.15) is 0 Å². The second-order valence-corrected chi connectivity index (χ2v) is 6.64. The molecular formula is C18H25N3O2. The summed E-state index contributed by atoms with van der Waals surface area (Å²) in [5.74, 6) is 0.568. The fraction of sp³-hybridized carbons (Fsp3) is 0.556. The van der Waals surface area contributed by atoms with E-state index in [9.17, 15) is 9.59 Å². The van der Waals surface area contributed by atoms with E-state index >= 15 is 0 Å². The van der Waals surface area contributed by atoms with Gasteiger partial charge in [-0.05, 0) is 36.3 Å². The van der Waals surface area contributed by atoms with Crippen molar-refractivity contribution in [1.29, 1.82) is 0 Å². The highest BCUT2D eigenvalue weighted by Gasteiger charge is 2.30. The third kappa shape index (κ3) is 3.91. The smallest absolute Gasteiger partial charge is 0.240 e. The zero-order chi connectivity index (χ0) is 16.2. The van der Waals surface area contributed by atoms with Crippen LogP contribution in [0.5, 0.6) is 0 Å². The van der Waals surface area contributed by atoms with Gasteiger partial charge in [0.2, 0.25) is 11.8 Å². The molecule has 2 heterocycles. The lowest BCUT2D eigenvalue weighted by atomic mass is 9.93. The van der Waals surface area contributed by atoms with E-state index in [1.54, 1.807) is 0 Å². The van der Waals surface area contributed by atoms with Gasteiger partial charge in [0.25, 0.3) is 0 Å². The van der Waals surface area contributed by atoms with Crippen molar-refractivity contribution in [3.05, 3.63) is 35.4 Å². The maximum Gasteiger partial charge on any atom is 0.240 e. The van der Waals surface area contributed by atoms with Gasteiger partial charge in [0.05, 0.1) is 6.04 Å². The molecule has 3 rings (SSSR count). The van der Waals surface area contributed by atoms with E-state index in [4.69, 9.17) is 0 Å². The number of fused-ring (bicyclic) bond motifs is 1. The Morgan fingerprint density at radius 1 is 1.30 bits per heavy atom. The zero-order valence-corrected chi connectivity index (χ0v) is 13.7. The molecule has 124 valence electrons. The second-order valence-electron chi connectivity index (χ2n) is 6.64. The summed E-state index contributed by atoms with van der Waals surface area (Å²) in [4.78, 5) is 25.9. The third-order valence-corrected chi connectivity index (χ3v) is 4.85. The van der Waals surface area contributed by atoms with Crippen LogP contribution in [-0.4, -0.2) is 42.4 Å². The lowest BCUT2D eigenvalue weighted by Crippen LogP contribution is -2.52. The van der Waals surface area contributed by atoms with Crippen LogP contribution < -0.4 is 10.6 Å². The van der Waals surface area contributed by atoms with Crippen molar-refractivity contribution in [2.45, 2.75) is 38.8 Å². The Balaban J connectivity index is 1.59. The molecule has 0 unspecified atom stereocenters. The fourth-order valence-corrected chi connectivity index (χ4v) is 3.57. The number of likely N-dealkylation sites (tertiary alicyclic amines) is 1. The molecule has 1 fully saturated rings. The number of benzene rings is 1. The quantitative estimate of drug-likeness (QED) is 0.877. The molecule has 5 heteroatoms. The predicted octanol–water partition coefficient (Wildman–Crippen LogP) is 1.08. The summed E-state index contributed by atoms with van der Waals surface area (Å²) in [6, 6.07) is 8.19. The van der Waals surface area contributed by atoms with Crippen LogP contribution in [0.2, 0.25) is 0 Å². The maximum atomic E-state index is 12.8. The van der Waals surface area contributed by atoms with Crippen LogP contribution in [0.1, 0.15) is 30.9 Å². The average molecular weight is 315 g/mol. The fourth-order valence-electron chi connectivity index (χ4n) is 3.57. The lowest BCUT2D eigenvalue weighted by Gasteiger charge is -2.36. The largest absolute Gasteiger partial charge is 0.356 e. The molecule has 0 bridgehead atoms. The first-order valence-corrected chi connectivity index (χ1v) is 8.47. The number of nitrogens with one attached hydrogen (secondary N) is 2. The predicted molar refractivity (Wildman–Crippen MR) is 88.8 cm³/mol. The average Bonchev–Trinajstić information content (AvgIpc) is 2.59. The molecule has 2 N–H and O–H groups in total. The highest BCUT2D eigenvalue weighted by Crippen LogP contribution is 2.21. The SMILES string of the molecule is CC(=O)NC[C@H]1CCCN(C(=O)[C@@H]2Cc3ccccc3CN2)C1. The van der Waals surface area contributed by atoms with Gasteiger partial charge >= 0.3 is 0 Å². The highest BCUT2D eigenvalue weighted by molar-refractivity contribution is 5.82. The van der Waals surface area contributed by atoms with Crippen molar-refractivity contribution >= 4 is 11.8 Å². The van der Waals surface area contributed by atoms with Crippen molar-refractivity contribution in [3.63, 3.8) is 0 Å². The molecule has 0 spiro atoms. The van der Waals surface area contributed by atoms with E-state index in [1.165, 1.54) is 18.1 Å². The van der Waals surface area contributed by atoms with Gasteiger partial charge in [0, 0.05) is 33.1 Å². The van der Waals surface area contributed by atoms with E-state index in [-0.39, 0.29) is 17.9 Å². The topological polar surface area (TPSA) is 61.4 Å². The Morgan fingerprint density at radius 2 is 2.09 bits per heavy atom. The van der Waals surface area contributed by atoms with Crippen LogP contribution in [0.3, 0.4) is 0 Å². The second kappa shape index (κ2) is 7.13. The molecule has 0 aromatic heterocycles. The van der Waals surface area contributed by atoms with Gasteiger partial charge in [0.15, 0.2) is 0 Å². The molecule has 2 atom stereocenters. The monoisotopic (exact) mass is 315 g/mol. The van der Waals surface area contributed by atoms with Crippen molar-refractivity contribution in [2.24, 2.45) is 5.92 Å². The summed E-state index contributed by atoms with van der Waals surface area (Å²) in [6.07, 6.45) is 2.85. The molecule has 0 saturated carbocycles. The van der Waals surface area contributed by atoms with Gasteiger partial charge in [-0.15, -0.1) is 0 Å². The number of nitrogens with zero attached hydrogens (tertiary/aromatic N) is 1. The number of carbonyl (C=O) groups excluding carboxylic acids is 2. The van der Waals surface area contributed by atoms with Crippen molar-refractivity contribution in [2.75, 3.05) is 19.6 Å². The minimum Gasteiger partial charge on any atom is -0.356 e. The Kier molecular flexibility index (Phi) is 4.96. The van der Waals surface area contributed by atoms with Crippen LogP contribution >= 0.6 is 0 Å². The first kappa shape index (κ1) is 16.0. The Bertz CT molecular complexity index is 587. The van der Waals surface area contributed by atoms with Gasteiger partial charge in [-0.3, -0.25) is 9.59 Å². The third-order valence-electron chi connectivity index (χ3n) is 4.85. The maximum absolute atomic E-state index is 12.8. The summed E-state index contributed by atoms with van der Waals surface area (Å²) in [6.45, 7) is 4.54. The number of rotatable bonds is 3. The van der Waals surface area contributed by atoms with E-state index in [0.29, 0.717) is 12.5 Å². The molecule has 1 saturated heterocycles. The van der Waals surface area contributed by atoms with E-state index < -0.39 is 0 Å². The van der Waals surface area contributed by atoms with Gasteiger partial charge in [-0.25, -0.2) is 0 Å². The minimum atomic E-state index is -0.121. The van der Waals surface area contributed by atoms with E-state index in [1.807, 2.05) is 17.0 Å². The highest BCUT2D eigenvalue weighted by atomic mass is 16.2. The molecule has 2 amide bonds. The van der Waals surface area contributed by atoms with Crippen LogP contribution in [0.15, 0.2) is 24.3 Å². The lowest BCUT2D eigenvalue weighted by molar-refractivity contribution is -0.135. The molecule has 2 aliphatic rings. The summed E-state index contributed by atoms with van der Waals surface area (Å²) in [7, 11) is 0. The normalized spacial score (nSPS) is 24.0. The van der Waals surface area contributed by atoms with Crippen molar-refractivity contribution < 1.29 is 9.59 Å². The Morgan fingerprint density at radius 3 is 2.87 bits per heavy atom. The number of carbonyl (C=O) groups is 2. The Labute approximate surface area is 137 Å². The van der Waals surface area contributed by atoms with Gasteiger partial charge < -0.3 is 15.5 Å². The molecule has 23 heavy (non-hydrogen) atoms. The van der Waals surface area contributed by atoms with Crippen molar-refractivity contribution in [3.8, 4) is 0 Å². The van der Waals surface area contributed by atoms with E-state index in [2.05, 4.69) is 22.8 Å². The summed E-state index contributed by atoms with van der Waals surface area (Å²) in [5, 5.41) is 6.25. The number of hydrogen-bond donors (Lipinski definition) is 2. The number of piperidine rings is 1. The molecular weight excluding hydrogens is 290 g/mol. The van der Waals surface area contributed by atoms with Crippen LogP contribution in [0.25, 0.3) is 0 Å². The zero-order valence-electron chi connectivity index (χ0n) is 13.7.